The van der Waals surface area contributed by atoms with Gasteiger partial charge >= 0.3 is 0 Å². The molecule has 11 rings (SSSR count). The summed E-state index contributed by atoms with van der Waals surface area (Å²) in [5.74, 6) is 0.694. The average Bonchev–Trinajstić information content (AvgIpc) is 3.74. The third kappa shape index (κ3) is 4.80. The topological polar surface area (TPSA) is 38.7 Å². The van der Waals surface area contributed by atoms with Crippen molar-refractivity contribution in [2.24, 2.45) is 0 Å². The van der Waals surface area contributed by atoms with Gasteiger partial charge in [-0.3, -0.25) is 4.98 Å². The fourth-order valence-electron chi connectivity index (χ4n) is 9.02. The third-order valence-electron chi connectivity index (χ3n) is 11.4. The Balaban J connectivity index is 1.11. The van der Waals surface area contributed by atoms with E-state index in [-0.39, 0.29) is 0 Å². The van der Waals surface area contributed by atoms with Crippen LogP contribution < -0.4 is 0 Å². The molecule has 3 heteroatoms. The first-order valence-corrected chi connectivity index (χ1v) is 18.8. The summed E-state index contributed by atoms with van der Waals surface area (Å²) < 4.78 is 0. The highest BCUT2D eigenvalue weighted by atomic mass is 14.9. The van der Waals surface area contributed by atoms with Gasteiger partial charge in [0.2, 0.25) is 0 Å². The van der Waals surface area contributed by atoms with Crippen LogP contribution in [0.1, 0.15) is 22.3 Å². The predicted molar refractivity (Wildman–Crippen MR) is 223 cm³/mol. The summed E-state index contributed by atoms with van der Waals surface area (Å²) in [6.45, 7) is 0. The maximum Gasteiger partial charge on any atom is 0.160 e. The van der Waals surface area contributed by atoms with E-state index >= 15 is 0 Å². The van der Waals surface area contributed by atoms with Crippen LogP contribution in [-0.4, -0.2) is 15.0 Å². The molecule has 0 saturated carbocycles. The highest BCUT2D eigenvalue weighted by molar-refractivity contribution is 5.96. The van der Waals surface area contributed by atoms with E-state index in [9.17, 15) is 0 Å². The van der Waals surface area contributed by atoms with Crippen LogP contribution in [0.25, 0.3) is 78.5 Å². The monoisotopic (exact) mass is 699 g/mol. The molecular weight excluding hydrogens is 667 g/mol. The van der Waals surface area contributed by atoms with Crippen LogP contribution in [0.5, 0.6) is 0 Å². The Bertz CT molecular complexity index is 2870. The number of rotatable bonds is 5. The zero-order valence-corrected chi connectivity index (χ0v) is 29.9. The lowest BCUT2D eigenvalue weighted by molar-refractivity contribution is 0.794. The first-order valence-electron chi connectivity index (χ1n) is 18.8. The molecule has 7 aromatic carbocycles. The minimum atomic E-state index is -0.429. The molecule has 2 aromatic heterocycles. The number of benzene rings is 7. The quantitative estimate of drug-likeness (QED) is 0.179. The Morgan fingerprint density at radius 1 is 0.309 bits per heavy atom. The van der Waals surface area contributed by atoms with E-state index in [1.165, 1.54) is 44.5 Å². The van der Waals surface area contributed by atoms with E-state index in [1.807, 2.05) is 36.5 Å². The molecule has 2 aliphatic carbocycles. The molecule has 3 nitrogen and oxygen atoms in total. The molecule has 0 saturated heterocycles. The van der Waals surface area contributed by atoms with Gasteiger partial charge in [0, 0.05) is 34.0 Å². The smallest absolute Gasteiger partial charge is 0.160 e. The Hall–Kier alpha value is -7.23. The summed E-state index contributed by atoms with van der Waals surface area (Å²) in [7, 11) is 0. The Morgan fingerprint density at radius 3 is 1.44 bits per heavy atom. The molecule has 0 fully saturated rings. The lowest BCUT2D eigenvalue weighted by Gasteiger charge is -2.30. The van der Waals surface area contributed by atoms with Gasteiger partial charge in [-0.05, 0) is 74.3 Å². The van der Waals surface area contributed by atoms with Crippen LogP contribution in [0.15, 0.2) is 200 Å². The van der Waals surface area contributed by atoms with E-state index in [1.54, 1.807) is 0 Å². The number of pyridine rings is 1. The SMILES string of the molecule is c1ccc(-c2nc(-c3cccc(-c4cccnc4-c4ccccc4)c3)cc(-c3ccc4c(c3)C3(c5ccccc5-c5ccccc53)c3ccccc3-4)n2)cc1. The van der Waals surface area contributed by atoms with Gasteiger partial charge in [-0.15, -0.1) is 0 Å². The first-order chi connectivity index (χ1) is 27.3. The lowest BCUT2D eigenvalue weighted by atomic mass is 9.70. The lowest BCUT2D eigenvalue weighted by Crippen LogP contribution is -2.25. The van der Waals surface area contributed by atoms with E-state index in [0.717, 1.165) is 50.5 Å². The molecule has 0 atom stereocenters. The molecule has 2 aliphatic rings. The van der Waals surface area contributed by atoms with Gasteiger partial charge in [-0.25, -0.2) is 9.97 Å². The highest BCUT2D eigenvalue weighted by Crippen LogP contribution is 2.63. The van der Waals surface area contributed by atoms with E-state index in [4.69, 9.17) is 15.0 Å². The fourth-order valence-corrected chi connectivity index (χ4v) is 9.02. The van der Waals surface area contributed by atoms with Crippen molar-refractivity contribution in [3.8, 4) is 78.5 Å². The summed E-state index contributed by atoms with van der Waals surface area (Å²) in [6.07, 6.45) is 1.86. The van der Waals surface area contributed by atoms with E-state index in [0.29, 0.717) is 5.82 Å². The van der Waals surface area contributed by atoms with Crippen molar-refractivity contribution in [1.82, 2.24) is 15.0 Å². The van der Waals surface area contributed by atoms with Crippen molar-refractivity contribution in [3.63, 3.8) is 0 Å². The molecular formula is C52H33N3. The second-order valence-electron chi connectivity index (χ2n) is 14.3. The summed E-state index contributed by atoms with van der Waals surface area (Å²) in [4.78, 5) is 15.3. The zero-order valence-electron chi connectivity index (χ0n) is 29.9. The van der Waals surface area contributed by atoms with Crippen LogP contribution in [0.2, 0.25) is 0 Å². The van der Waals surface area contributed by atoms with Gasteiger partial charge in [0.15, 0.2) is 5.82 Å². The Morgan fingerprint density at radius 2 is 0.800 bits per heavy atom. The third-order valence-corrected chi connectivity index (χ3v) is 11.4. The van der Waals surface area contributed by atoms with Gasteiger partial charge in [0.25, 0.3) is 0 Å². The Labute approximate surface area is 320 Å². The summed E-state index contributed by atoms with van der Waals surface area (Å²) >= 11 is 0. The van der Waals surface area contributed by atoms with Gasteiger partial charge in [-0.1, -0.05) is 170 Å². The molecule has 55 heavy (non-hydrogen) atoms. The molecule has 1 spiro atoms. The molecule has 2 heterocycles. The van der Waals surface area contributed by atoms with Crippen molar-refractivity contribution in [2.75, 3.05) is 0 Å². The molecule has 256 valence electrons. The van der Waals surface area contributed by atoms with Crippen molar-refractivity contribution >= 4 is 0 Å². The summed E-state index contributed by atoms with van der Waals surface area (Å²) in [5, 5.41) is 0. The first kappa shape index (κ1) is 31.3. The van der Waals surface area contributed by atoms with Crippen molar-refractivity contribution in [2.45, 2.75) is 5.41 Å². The summed E-state index contributed by atoms with van der Waals surface area (Å²) in [5.41, 5.74) is 19.0. The number of nitrogens with zero attached hydrogens (tertiary/aromatic N) is 3. The zero-order chi connectivity index (χ0) is 36.3. The molecule has 0 radical (unpaired) electrons. The van der Waals surface area contributed by atoms with Crippen molar-refractivity contribution in [3.05, 3.63) is 223 Å². The van der Waals surface area contributed by atoms with Crippen LogP contribution >= 0.6 is 0 Å². The molecule has 0 N–H and O–H groups in total. The van der Waals surface area contributed by atoms with Crippen molar-refractivity contribution in [1.29, 1.82) is 0 Å². The maximum absolute atomic E-state index is 5.29. The molecule has 9 aromatic rings. The van der Waals surface area contributed by atoms with Crippen molar-refractivity contribution < 1.29 is 0 Å². The molecule has 0 bridgehead atoms. The number of fused-ring (bicyclic) bond motifs is 10. The van der Waals surface area contributed by atoms with Gasteiger partial charge in [0.1, 0.15) is 0 Å². The van der Waals surface area contributed by atoms with E-state index in [2.05, 4.69) is 164 Å². The minimum Gasteiger partial charge on any atom is -0.256 e. The normalized spacial score (nSPS) is 12.9. The number of hydrogen-bond acceptors (Lipinski definition) is 3. The van der Waals surface area contributed by atoms with E-state index < -0.39 is 5.41 Å². The van der Waals surface area contributed by atoms with Crippen LogP contribution in [0.3, 0.4) is 0 Å². The molecule has 0 unspecified atom stereocenters. The highest BCUT2D eigenvalue weighted by Gasteiger charge is 2.51. The number of aromatic nitrogens is 3. The fraction of sp³-hybridized carbons (Fsp3) is 0.0192. The van der Waals surface area contributed by atoms with Gasteiger partial charge in [0.05, 0.1) is 22.5 Å². The molecule has 0 aliphatic heterocycles. The number of hydrogen-bond donors (Lipinski definition) is 0. The minimum absolute atomic E-state index is 0.429. The van der Waals surface area contributed by atoms with Gasteiger partial charge < -0.3 is 0 Å². The standard InChI is InChI=1S/C52H33N3/c1-3-15-34(16-4-1)50-39(24-14-30-53-50)36-19-13-20-37(31-36)48-33-49(55-51(54-48)35-17-5-2-6-18-35)38-28-29-43-42-23-9-12-27-46(42)52(47(43)32-38)44-25-10-7-21-40(44)41-22-8-11-26-45(41)52/h1-33H. The second-order valence-corrected chi connectivity index (χ2v) is 14.3. The van der Waals surface area contributed by atoms with Crippen LogP contribution in [-0.2, 0) is 5.41 Å². The maximum atomic E-state index is 5.29. The Kier molecular flexibility index (Phi) is 7.08. The largest absolute Gasteiger partial charge is 0.256 e. The average molecular weight is 700 g/mol. The van der Waals surface area contributed by atoms with Crippen LogP contribution in [0, 0.1) is 0 Å². The molecule has 0 amide bonds. The van der Waals surface area contributed by atoms with Crippen LogP contribution in [0.4, 0.5) is 0 Å². The summed E-state index contributed by atoms with van der Waals surface area (Å²) in [6, 6.07) is 69.4. The predicted octanol–water partition coefficient (Wildman–Crippen LogP) is 12.6. The second kappa shape index (κ2) is 12.4. The van der Waals surface area contributed by atoms with Gasteiger partial charge in [-0.2, -0.15) is 0 Å².